The molecule has 0 bridgehead atoms. The molecule has 1 aliphatic rings. The van der Waals surface area contributed by atoms with E-state index in [-0.39, 0.29) is 12.0 Å². The van der Waals surface area contributed by atoms with Crippen molar-refractivity contribution in [2.45, 2.75) is 52.0 Å². The number of nitrogens with zero attached hydrogens (tertiary/aromatic N) is 2. The summed E-state index contributed by atoms with van der Waals surface area (Å²) < 4.78 is 0. The lowest BCUT2D eigenvalue weighted by Gasteiger charge is -2.34. The summed E-state index contributed by atoms with van der Waals surface area (Å²) in [5, 5.41) is 18.2. The molecule has 0 aromatic carbocycles. The molecule has 0 radical (unpaired) electrons. The van der Waals surface area contributed by atoms with Gasteiger partial charge in [0.1, 0.15) is 0 Å². The number of aliphatic hydroxyl groups excluding tert-OH is 1. The molecule has 0 saturated carbocycles. The highest BCUT2D eigenvalue weighted by Gasteiger charge is 2.22. The maximum Gasteiger partial charge on any atom is 0.0683 e. The lowest BCUT2D eigenvalue weighted by Crippen LogP contribution is -2.42. The Morgan fingerprint density at radius 2 is 2.19 bits per heavy atom. The van der Waals surface area contributed by atoms with E-state index in [1.807, 2.05) is 13.8 Å². The van der Waals surface area contributed by atoms with Crippen molar-refractivity contribution >= 4 is 0 Å². The molecule has 0 aromatic heterocycles. The normalized spacial score (nSPS) is 23.0. The molecule has 3 nitrogen and oxygen atoms in total. The van der Waals surface area contributed by atoms with E-state index in [1.165, 1.54) is 12.8 Å². The molecule has 1 atom stereocenters. The van der Waals surface area contributed by atoms with Crippen molar-refractivity contribution in [3.63, 3.8) is 0 Å². The van der Waals surface area contributed by atoms with Crippen LogP contribution in [-0.2, 0) is 0 Å². The predicted molar refractivity (Wildman–Crippen MR) is 64.9 cm³/mol. The zero-order chi connectivity index (χ0) is 12.0. The van der Waals surface area contributed by atoms with Gasteiger partial charge in [-0.25, -0.2) is 0 Å². The Kier molecular flexibility index (Phi) is 5.24. The topological polar surface area (TPSA) is 47.3 Å². The van der Waals surface area contributed by atoms with E-state index in [4.69, 9.17) is 5.26 Å². The van der Waals surface area contributed by atoms with Crippen LogP contribution in [0, 0.1) is 16.7 Å². The molecule has 0 aliphatic carbocycles. The molecule has 92 valence electrons. The summed E-state index contributed by atoms with van der Waals surface area (Å²) in [4.78, 5) is 2.39. The molecule has 0 aromatic rings. The van der Waals surface area contributed by atoms with Gasteiger partial charge >= 0.3 is 0 Å². The first-order valence-electron chi connectivity index (χ1n) is 6.35. The number of hydrogen-bond donors (Lipinski definition) is 1. The van der Waals surface area contributed by atoms with Crippen LogP contribution in [0.15, 0.2) is 0 Å². The lowest BCUT2D eigenvalue weighted by molar-refractivity contribution is 0.0870. The molecular weight excluding hydrogens is 200 g/mol. The van der Waals surface area contributed by atoms with Crippen LogP contribution in [0.2, 0.25) is 0 Å². The first-order valence-corrected chi connectivity index (χ1v) is 6.35. The minimum absolute atomic E-state index is 0.204. The van der Waals surface area contributed by atoms with Crippen molar-refractivity contribution in [1.29, 1.82) is 5.26 Å². The Labute approximate surface area is 99.1 Å². The summed E-state index contributed by atoms with van der Waals surface area (Å²) in [6.07, 6.45) is 5.61. The van der Waals surface area contributed by atoms with Gasteiger partial charge in [-0.1, -0.05) is 6.42 Å². The van der Waals surface area contributed by atoms with Crippen molar-refractivity contribution in [2.75, 3.05) is 19.7 Å². The summed E-state index contributed by atoms with van der Waals surface area (Å²) in [6.45, 7) is 6.40. The first kappa shape index (κ1) is 13.5. The van der Waals surface area contributed by atoms with Crippen LogP contribution in [0.5, 0.6) is 0 Å². The van der Waals surface area contributed by atoms with Gasteiger partial charge in [0.25, 0.3) is 0 Å². The highest BCUT2D eigenvalue weighted by atomic mass is 16.3. The second-order valence-corrected chi connectivity index (χ2v) is 5.47. The van der Waals surface area contributed by atoms with Crippen LogP contribution in [-0.4, -0.2) is 35.7 Å². The van der Waals surface area contributed by atoms with Crippen LogP contribution in [0.25, 0.3) is 0 Å². The number of rotatable bonds is 5. The molecule has 1 rings (SSSR count). The molecule has 0 spiro atoms. The van der Waals surface area contributed by atoms with Gasteiger partial charge in [-0.05, 0) is 52.6 Å². The third-order valence-electron chi connectivity index (χ3n) is 3.51. The second kappa shape index (κ2) is 6.22. The highest BCUT2D eigenvalue weighted by Crippen LogP contribution is 2.22. The zero-order valence-corrected chi connectivity index (χ0v) is 10.6. The summed E-state index contributed by atoms with van der Waals surface area (Å²) in [5.74, 6) is 0. The molecule has 1 fully saturated rings. The predicted octanol–water partition coefficient (Wildman–Crippen LogP) is 2.16. The number of aliphatic hydroxyl groups is 1. The minimum atomic E-state index is -0.204. The number of piperidine rings is 1. The molecule has 0 amide bonds. The van der Waals surface area contributed by atoms with Crippen LogP contribution in [0.4, 0.5) is 0 Å². The minimum Gasteiger partial charge on any atom is -0.395 e. The standard InChI is InChI=1S/C13H24N2O/c1-13(2,11-14)7-5-9-15-8-4-3-6-12(15)10-16/h12,16H,3-10H2,1-2H3/t12-/m1/s1. The zero-order valence-electron chi connectivity index (χ0n) is 10.6. The van der Waals surface area contributed by atoms with Gasteiger partial charge in [0.2, 0.25) is 0 Å². The average Bonchev–Trinajstić information content (AvgIpc) is 2.29. The van der Waals surface area contributed by atoms with Crippen molar-refractivity contribution in [2.24, 2.45) is 5.41 Å². The third-order valence-corrected chi connectivity index (χ3v) is 3.51. The van der Waals surface area contributed by atoms with Gasteiger partial charge < -0.3 is 5.11 Å². The van der Waals surface area contributed by atoms with Gasteiger partial charge in [0.05, 0.1) is 18.1 Å². The third kappa shape index (κ3) is 4.11. The smallest absolute Gasteiger partial charge is 0.0683 e. The van der Waals surface area contributed by atoms with Gasteiger partial charge in [-0.2, -0.15) is 5.26 Å². The first-order chi connectivity index (χ1) is 7.59. The summed E-state index contributed by atoms with van der Waals surface area (Å²) in [6, 6.07) is 2.70. The summed E-state index contributed by atoms with van der Waals surface area (Å²) in [5.41, 5.74) is -0.204. The Balaban J connectivity index is 2.28. The van der Waals surface area contributed by atoms with Crippen LogP contribution >= 0.6 is 0 Å². The van der Waals surface area contributed by atoms with Crippen LogP contribution in [0.3, 0.4) is 0 Å². The van der Waals surface area contributed by atoms with Gasteiger partial charge in [-0.15, -0.1) is 0 Å². The fourth-order valence-electron chi connectivity index (χ4n) is 2.34. The molecule has 16 heavy (non-hydrogen) atoms. The second-order valence-electron chi connectivity index (χ2n) is 5.47. The fourth-order valence-corrected chi connectivity index (χ4v) is 2.34. The van der Waals surface area contributed by atoms with E-state index in [0.717, 1.165) is 32.4 Å². The maximum atomic E-state index is 9.27. The van der Waals surface area contributed by atoms with E-state index < -0.39 is 0 Å². The monoisotopic (exact) mass is 224 g/mol. The number of hydrogen-bond acceptors (Lipinski definition) is 3. The van der Waals surface area contributed by atoms with Crippen LogP contribution in [0.1, 0.15) is 46.0 Å². The fraction of sp³-hybridized carbons (Fsp3) is 0.923. The lowest BCUT2D eigenvalue weighted by atomic mass is 9.89. The van der Waals surface area contributed by atoms with Crippen LogP contribution < -0.4 is 0 Å². The molecule has 1 N–H and O–H groups in total. The summed E-state index contributed by atoms with van der Waals surface area (Å²) in [7, 11) is 0. The maximum absolute atomic E-state index is 9.27. The number of likely N-dealkylation sites (tertiary alicyclic amines) is 1. The van der Waals surface area contributed by atoms with Crippen molar-refractivity contribution in [3.05, 3.63) is 0 Å². The Hall–Kier alpha value is -0.590. The van der Waals surface area contributed by atoms with E-state index in [9.17, 15) is 5.11 Å². The Bertz CT molecular complexity index is 245. The number of nitriles is 1. The molecule has 0 unspecified atom stereocenters. The van der Waals surface area contributed by atoms with Gasteiger partial charge in [-0.3, -0.25) is 4.90 Å². The Morgan fingerprint density at radius 3 is 2.81 bits per heavy atom. The van der Waals surface area contributed by atoms with Crippen molar-refractivity contribution in [3.8, 4) is 6.07 Å². The van der Waals surface area contributed by atoms with Crippen molar-refractivity contribution < 1.29 is 5.11 Å². The van der Waals surface area contributed by atoms with E-state index in [0.29, 0.717) is 6.04 Å². The van der Waals surface area contributed by atoms with E-state index in [2.05, 4.69) is 11.0 Å². The van der Waals surface area contributed by atoms with Gasteiger partial charge in [0.15, 0.2) is 0 Å². The van der Waals surface area contributed by atoms with E-state index >= 15 is 0 Å². The van der Waals surface area contributed by atoms with Gasteiger partial charge in [0, 0.05) is 6.04 Å². The summed E-state index contributed by atoms with van der Waals surface area (Å²) >= 11 is 0. The van der Waals surface area contributed by atoms with E-state index in [1.54, 1.807) is 0 Å². The SMILES string of the molecule is CC(C)(C#N)CCCN1CCCC[C@@H]1CO. The average molecular weight is 224 g/mol. The highest BCUT2D eigenvalue weighted by molar-refractivity contribution is 4.91. The molecule has 1 aliphatic heterocycles. The largest absolute Gasteiger partial charge is 0.395 e. The molecule has 3 heteroatoms. The van der Waals surface area contributed by atoms with Crippen molar-refractivity contribution in [1.82, 2.24) is 4.90 Å². The quantitative estimate of drug-likeness (QED) is 0.778. The molecule has 1 heterocycles. The molecule has 1 saturated heterocycles. The molecular formula is C13H24N2O. The Morgan fingerprint density at radius 1 is 1.44 bits per heavy atom.